The summed E-state index contributed by atoms with van der Waals surface area (Å²) in [4.78, 5) is 0. The fourth-order valence-electron chi connectivity index (χ4n) is 2.31. The molecule has 0 saturated heterocycles. The van der Waals surface area contributed by atoms with Gasteiger partial charge < -0.3 is 5.11 Å². The minimum atomic E-state index is -0.632. The molecule has 16 heavy (non-hydrogen) atoms. The highest BCUT2D eigenvalue weighted by Crippen LogP contribution is 2.32. The van der Waals surface area contributed by atoms with E-state index in [1.54, 1.807) is 0 Å². The molecule has 92 valence electrons. The number of unbranched alkanes of at least 4 members (excludes halogenated alkanes) is 2. The van der Waals surface area contributed by atoms with Crippen molar-refractivity contribution in [1.29, 1.82) is 0 Å². The summed E-state index contributed by atoms with van der Waals surface area (Å²) in [6.45, 7) is 6.35. The van der Waals surface area contributed by atoms with Crippen LogP contribution in [0.3, 0.4) is 0 Å². The lowest BCUT2D eigenvalue weighted by Gasteiger charge is -2.32. The SMILES string of the molecule is CCCCC1=CC(C)(O)C(CCCC)C=C1. The van der Waals surface area contributed by atoms with Gasteiger partial charge in [-0.15, -0.1) is 0 Å². The van der Waals surface area contributed by atoms with Gasteiger partial charge in [0.05, 0.1) is 5.60 Å². The van der Waals surface area contributed by atoms with E-state index in [9.17, 15) is 5.11 Å². The highest BCUT2D eigenvalue weighted by molar-refractivity contribution is 5.29. The highest BCUT2D eigenvalue weighted by atomic mass is 16.3. The van der Waals surface area contributed by atoms with Crippen LogP contribution in [0.5, 0.6) is 0 Å². The summed E-state index contributed by atoms with van der Waals surface area (Å²) in [5.74, 6) is 0.304. The van der Waals surface area contributed by atoms with Gasteiger partial charge in [0.15, 0.2) is 0 Å². The average Bonchev–Trinajstić information content (AvgIpc) is 2.24. The molecule has 0 aromatic rings. The molecule has 0 aromatic heterocycles. The molecule has 2 atom stereocenters. The summed E-state index contributed by atoms with van der Waals surface area (Å²) in [5.41, 5.74) is 0.673. The van der Waals surface area contributed by atoms with Gasteiger partial charge in [0.1, 0.15) is 0 Å². The maximum Gasteiger partial charge on any atom is 0.0867 e. The highest BCUT2D eigenvalue weighted by Gasteiger charge is 2.29. The molecule has 0 saturated carbocycles. The molecule has 1 aliphatic carbocycles. The second kappa shape index (κ2) is 6.24. The number of allylic oxidation sites excluding steroid dienone is 2. The topological polar surface area (TPSA) is 20.2 Å². The molecule has 1 N–H and O–H groups in total. The second-order valence-electron chi connectivity index (χ2n) is 5.16. The van der Waals surface area contributed by atoms with Crippen LogP contribution in [-0.4, -0.2) is 10.7 Å². The molecular formula is C15H26O. The van der Waals surface area contributed by atoms with Gasteiger partial charge in [0.2, 0.25) is 0 Å². The Balaban J connectivity index is 2.58. The second-order valence-corrected chi connectivity index (χ2v) is 5.16. The van der Waals surface area contributed by atoms with E-state index in [2.05, 4.69) is 32.1 Å². The van der Waals surface area contributed by atoms with E-state index >= 15 is 0 Å². The van der Waals surface area contributed by atoms with Crippen molar-refractivity contribution >= 4 is 0 Å². The summed E-state index contributed by atoms with van der Waals surface area (Å²) in [6.07, 6.45) is 13.5. The zero-order chi connectivity index (χ0) is 12.0. The van der Waals surface area contributed by atoms with Crippen molar-refractivity contribution in [3.05, 3.63) is 23.8 Å². The number of hydrogen-bond acceptors (Lipinski definition) is 1. The summed E-state index contributed by atoms with van der Waals surface area (Å²) in [6, 6.07) is 0. The van der Waals surface area contributed by atoms with Crippen LogP contribution in [0.1, 0.15) is 59.3 Å². The van der Waals surface area contributed by atoms with Crippen molar-refractivity contribution in [2.24, 2.45) is 5.92 Å². The fraction of sp³-hybridized carbons (Fsp3) is 0.733. The Kier molecular flexibility index (Phi) is 5.27. The molecule has 0 aliphatic heterocycles. The van der Waals surface area contributed by atoms with Crippen molar-refractivity contribution in [1.82, 2.24) is 0 Å². The van der Waals surface area contributed by atoms with E-state index in [0.29, 0.717) is 5.92 Å². The van der Waals surface area contributed by atoms with Crippen molar-refractivity contribution < 1.29 is 5.11 Å². The predicted octanol–water partition coefficient (Wildman–Crippen LogP) is 4.23. The quantitative estimate of drug-likeness (QED) is 0.713. The fourth-order valence-corrected chi connectivity index (χ4v) is 2.31. The van der Waals surface area contributed by atoms with E-state index in [1.165, 1.54) is 31.3 Å². The molecule has 0 heterocycles. The summed E-state index contributed by atoms with van der Waals surface area (Å²) < 4.78 is 0. The Morgan fingerprint density at radius 1 is 1.25 bits per heavy atom. The van der Waals surface area contributed by atoms with E-state index in [0.717, 1.165) is 12.8 Å². The molecule has 0 bridgehead atoms. The standard InChI is InChI=1S/C15H26O/c1-4-6-8-13-10-11-14(9-7-5-2)15(3,16)12-13/h10-12,14,16H,4-9H2,1-3H3. The molecular weight excluding hydrogens is 196 g/mol. The van der Waals surface area contributed by atoms with Crippen molar-refractivity contribution in [3.63, 3.8) is 0 Å². The molecule has 0 radical (unpaired) electrons. The maximum absolute atomic E-state index is 10.4. The van der Waals surface area contributed by atoms with Crippen LogP contribution in [0, 0.1) is 5.92 Å². The first-order valence-electron chi connectivity index (χ1n) is 6.72. The largest absolute Gasteiger partial charge is 0.385 e. The van der Waals surface area contributed by atoms with Gasteiger partial charge in [0, 0.05) is 5.92 Å². The smallest absolute Gasteiger partial charge is 0.0867 e. The Morgan fingerprint density at radius 2 is 1.94 bits per heavy atom. The third-order valence-electron chi connectivity index (χ3n) is 3.46. The first kappa shape index (κ1) is 13.5. The van der Waals surface area contributed by atoms with E-state index < -0.39 is 5.60 Å². The molecule has 1 aliphatic rings. The van der Waals surface area contributed by atoms with Gasteiger partial charge in [-0.05, 0) is 37.8 Å². The summed E-state index contributed by atoms with van der Waals surface area (Å²) in [5, 5.41) is 10.4. The van der Waals surface area contributed by atoms with Gasteiger partial charge in [0.25, 0.3) is 0 Å². The van der Waals surface area contributed by atoms with E-state index in [4.69, 9.17) is 0 Å². The molecule has 2 unspecified atom stereocenters. The van der Waals surface area contributed by atoms with Gasteiger partial charge in [-0.25, -0.2) is 0 Å². The van der Waals surface area contributed by atoms with E-state index in [-0.39, 0.29) is 0 Å². The van der Waals surface area contributed by atoms with Gasteiger partial charge in [-0.3, -0.25) is 0 Å². The lowest BCUT2D eigenvalue weighted by molar-refractivity contribution is 0.0597. The summed E-state index contributed by atoms with van der Waals surface area (Å²) >= 11 is 0. The molecule has 1 heteroatoms. The zero-order valence-electron chi connectivity index (χ0n) is 11.0. The number of hydrogen-bond donors (Lipinski definition) is 1. The van der Waals surface area contributed by atoms with Gasteiger partial charge in [-0.1, -0.05) is 45.3 Å². The third-order valence-corrected chi connectivity index (χ3v) is 3.46. The Labute approximate surface area is 100 Å². The molecule has 0 aromatic carbocycles. The van der Waals surface area contributed by atoms with E-state index in [1.807, 2.05) is 6.92 Å². The first-order valence-corrected chi connectivity index (χ1v) is 6.72. The summed E-state index contributed by atoms with van der Waals surface area (Å²) in [7, 11) is 0. The minimum Gasteiger partial charge on any atom is -0.385 e. The van der Waals surface area contributed by atoms with Crippen molar-refractivity contribution in [2.45, 2.75) is 64.9 Å². The molecule has 0 amide bonds. The molecule has 1 nitrogen and oxygen atoms in total. The lowest BCUT2D eigenvalue weighted by atomic mass is 9.79. The van der Waals surface area contributed by atoms with Crippen LogP contribution in [0.4, 0.5) is 0 Å². The maximum atomic E-state index is 10.4. The monoisotopic (exact) mass is 222 g/mol. The van der Waals surface area contributed by atoms with Crippen LogP contribution in [0.25, 0.3) is 0 Å². The molecule has 1 rings (SSSR count). The van der Waals surface area contributed by atoms with Crippen LogP contribution in [0.15, 0.2) is 23.8 Å². The van der Waals surface area contributed by atoms with Crippen LogP contribution in [-0.2, 0) is 0 Å². The first-order chi connectivity index (χ1) is 7.60. The van der Waals surface area contributed by atoms with Gasteiger partial charge in [-0.2, -0.15) is 0 Å². The van der Waals surface area contributed by atoms with Crippen LogP contribution >= 0.6 is 0 Å². The van der Waals surface area contributed by atoms with Crippen LogP contribution in [0.2, 0.25) is 0 Å². The normalized spacial score (nSPS) is 29.2. The predicted molar refractivity (Wildman–Crippen MR) is 70.4 cm³/mol. The van der Waals surface area contributed by atoms with Crippen molar-refractivity contribution in [2.75, 3.05) is 0 Å². The number of rotatable bonds is 6. The van der Waals surface area contributed by atoms with Crippen molar-refractivity contribution in [3.8, 4) is 0 Å². The Morgan fingerprint density at radius 3 is 2.50 bits per heavy atom. The lowest BCUT2D eigenvalue weighted by Crippen LogP contribution is -2.33. The minimum absolute atomic E-state index is 0.304. The zero-order valence-corrected chi connectivity index (χ0v) is 11.0. The third kappa shape index (κ3) is 3.79. The molecule has 0 fully saturated rings. The molecule has 0 spiro atoms. The van der Waals surface area contributed by atoms with Crippen LogP contribution < -0.4 is 0 Å². The number of aliphatic hydroxyl groups is 1. The Hall–Kier alpha value is -0.560. The average molecular weight is 222 g/mol. The Bertz CT molecular complexity index is 261. The van der Waals surface area contributed by atoms with Gasteiger partial charge >= 0.3 is 0 Å².